The van der Waals surface area contributed by atoms with E-state index in [1.807, 2.05) is 37.3 Å². The van der Waals surface area contributed by atoms with Crippen LogP contribution in [-0.4, -0.2) is 39.6 Å². The van der Waals surface area contributed by atoms with Crippen LogP contribution in [0.4, 0.5) is 0 Å². The van der Waals surface area contributed by atoms with Gasteiger partial charge in [0.15, 0.2) is 11.5 Å². The summed E-state index contributed by atoms with van der Waals surface area (Å²) in [5.41, 5.74) is 3.48. The fourth-order valence-electron chi connectivity index (χ4n) is 3.70. The summed E-state index contributed by atoms with van der Waals surface area (Å²) >= 11 is 0. The molecule has 3 rings (SSSR count). The first-order valence-corrected chi connectivity index (χ1v) is 8.97. The Morgan fingerprint density at radius 3 is 2.26 bits per heavy atom. The van der Waals surface area contributed by atoms with E-state index in [0.717, 1.165) is 22.3 Å². The average molecular weight is 373 g/mol. The van der Waals surface area contributed by atoms with Crippen molar-refractivity contribution in [3.05, 3.63) is 52.6 Å². The Balaban J connectivity index is 1.95. The standard InChI is InChI=1S/C21H27NO5/c1-13-19(24-2)18-16(23)10-22-15(17(18)21(26-4)20(13)25-3)12-27-11-14-8-6-5-7-9-14/h5-9,15-16,22-23H,10-12H2,1-4H3. The van der Waals surface area contributed by atoms with Crippen molar-refractivity contribution in [3.63, 3.8) is 0 Å². The first kappa shape index (κ1) is 19.5. The summed E-state index contributed by atoms with van der Waals surface area (Å²) in [5.74, 6) is 1.84. The van der Waals surface area contributed by atoms with Crippen LogP contribution in [0, 0.1) is 6.92 Å². The summed E-state index contributed by atoms with van der Waals surface area (Å²) in [5, 5.41) is 14.0. The minimum Gasteiger partial charge on any atom is -0.496 e. The molecule has 1 aliphatic rings. The van der Waals surface area contributed by atoms with E-state index in [0.29, 0.717) is 37.0 Å². The van der Waals surface area contributed by atoms with Crippen molar-refractivity contribution >= 4 is 0 Å². The zero-order valence-electron chi connectivity index (χ0n) is 16.2. The lowest BCUT2D eigenvalue weighted by Gasteiger charge is -2.34. The van der Waals surface area contributed by atoms with Crippen molar-refractivity contribution in [2.75, 3.05) is 34.5 Å². The molecule has 0 aliphatic carbocycles. The smallest absolute Gasteiger partial charge is 0.167 e. The SMILES string of the molecule is COc1c(C)c(OC)c2c(c1OC)C(COCc1ccccc1)NCC2O. The molecule has 0 amide bonds. The maximum Gasteiger partial charge on any atom is 0.167 e. The Kier molecular flexibility index (Phi) is 6.21. The average Bonchev–Trinajstić information content (AvgIpc) is 2.69. The number of methoxy groups -OCH3 is 3. The van der Waals surface area contributed by atoms with Crippen molar-refractivity contribution < 1.29 is 24.1 Å². The number of aliphatic hydroxyl groups excluding tert-OH is 1. The summed E-state index contributed by atoms with van der Waals surface area (Å²) in [4.78, 5) is 0. The summed E-state index contributed by atoms with van der Waals surface area (Å²) in [7, 11) is 4.81. The Morgan fingerprint density at radius 1 is 0.963 bits per heavy atom. The molecule has 0 fully saturated rings. The van der Waals surface area contributed by atoms with Crippen LogP contribution in [0.15, 0.2) is 30.3 Å². The number of nitrogens with one attached hydrogen (secondary N) is 1. The van der Waals surface area contributed by atoms with Gasteiger partial charge in [-0.3, -0.25) is 0 Å². The quantitative estimate of drug-likeness (QED) is 0.778. The lowest BCUT2D eigenvalue weighted by atomic mass is 9.88. The van der Waals surface area contributed by atoms with Crippen molar-refractivity contribution in [1.29, 1.82) is 0 Å². The molecule has 0 spiro atoms. The molecule has 6 nitrogen and oxygen atoms in total. The first-order chi connectivity index (χ1) is 13.1. The summed E-state index contributed by atoms with van der Waals surface area (Å²) < 4.78 is 22.8. The largest absolute Gasteiger partial charge is 0.496 e. The lowest BCUT2D eigenvalue weighted by Crippen LogP contribution is -2.36. The number of fused-ring (bicyclic) bond motifs is 1. The van der Waals surface area contributed by atoms with Gasteiger partial charge in [0.05, 0.1) is 46.7 Å². The predicted molar refractivity (Wildman–Crippen MR) is 103 cm³/mol. The van der Waals surface area contributed by atoms with Crippen LogP contribution in [0.3, 0.4) is 0 Å². The molecular formula is C21H27NO5. The number of hydrogen-bond donors (Lipinski definition) is 2. The van der Waals surface area contributed by atoms with Gasteiger partial charge in [-0.1, -0.05) is 30.3 Å². The number of hydrogen-bond acceptors (Lipinski definition) is 6. The van der Waals surface area contributed by atoms with Gasteiger partial charge in [-0.25, -0.2) is 0 Å². The van der Waals surface area contributed by atoms with E-state index in [1.165, 1.54) is 0 Å². The minimum atomic E-state index is -0.696. The third kappa shape index (κ3) is 3.74. The fraction of sp³-hybridized carbons (Fsp3) is 0.429. The Hall–Kier alpha value is -2.28. The number of rotatable bonds is 7. The molecule has 0 radical (unpaired) electrons. The van der Waals surface area contributed by atoms with Gasteiger partial charge < -0.3 is 29.4 Å². The molecule has 2 unspecified atom stereocenters. The van der Waals surface area contributed by atoms with Gasteiger partial charge in [0.1, 0.15) is 5.75 Å². The highest BCUT2D eigenvalue weighted by Crippen LogP contribution is 2.49. The van der Waals surface area contributed by atoms with Gasteiger partial charge in [-0.2, -0.15) is 0 Å². The second-order valence-electron chi connectivity index (χ2n) is 6.53. The highest BCUT2D eigenvalue weighted by atomic mass is 16.5. The third-order valence-electron chi connectivity index (χ3n) is 4.91. The molecule has 2 aromatic carbocycles. The molecule has 0 bridgehead atoms. The van der Waals surface area contributed by atoms with Gasteiger partial charge in [-0.05, 0) is 12.5 Å². The van der Waals surface area contributed by atoms with E-state index in [4.69, 9.17) is 18.9 Å². The van der Waals surface area contributed by atoms with Gasteiger partial charge in [0.25, 0.3) is 0 Å². The van der Waals surface area contributed by atoms with Crippen LogP contribution in [0.5, 0.6) is 17.2 Å². The highest BCUT2D eigenvalue weighted by Gasteiger charge is 2.35. The minimum absolute atomic E-state index is 0.148. The summed E-state index contributed by atoms with van der Waals surface area (Å²) in [6.45, 7) is 3.26. The lowest BCUT2D eigenvalue weighted by molar-refractivity contribution is 0.0801. The van der Waals surface area contributed by atoms with E-state index in [2.05, 4.69) is 5.32 Å². The molecule has 1 aliphatic heterocycles. The van der Waals surface area contributed by atoms with Crippen molar-refractivity contribution in [1.82, 2.24) is 5.32 Å². The molecule has 0 aromatic heterocycles. The van der Waals surface area contributed by atoms with Gasteiger partial charge in [0, 0.05) is 23.2 Å². The number of β-amino-alcohol motifs (C(OH)–C–C–N with tert-alkyl or cyclic N) is 1. The molecular weight excluding hydrogens is 346 g/mol. The molecule has 27 heavy (non-hydrogen) atoms. The van der Waals surface area contributed by atoms with E-state index in [9.17, 15) is 5.11 Å². The molecule has 1 heterocycles. The summed E-state index contributed by atoms with van der Waals surface area (Å²) in [6.07, 6.45) is -0.696. The number of benzene rings is 2. The van der Waals surface area contributed by atoms with Crippen LogP contribution < -0.4 is 19.5 Å². The van der Waals surface area contributed by atoms with Crippen molar-refractivity contribution in [3.8, 4) is 17.2 Å². The maximum atomic E-state index is 10.6. The van der Waals surface area contributed by atoms with E-state index in [-0.39, 0.29) is 6.04 Å². The Bertz CT molecular complexity index is 778. The number of ether oxygens (including phenoxy) is 4. The van der Waals surface area contributed by atoms with E-state index >= 15 is 0 Å². The zero-order valence-corrected chi connectivity index (χ0v) is 16.2. The van der Waals surface area contributed by atoms with Gasteiger partial charge in [0.2, 0.25) is 0 Å². The second-order valence-corrected chi connectivity index (χ2v) is 6.53. The molecule has 146 valence electrons. The molecule has 2 atom stereocenters. The molecule has 6 heteroatoms. The molecule has 0 saturated carbocycles. The molecule has 2 aromatic rings. The van der Waals surface area contributed by atoms with Gasteiger partial charge >= 0.3 is 0 Å². The zero-order chi connectivity index (χ0) is 19.4. The highest BCUT2D eigenvalue weighted by molar-refractivity contribution is 5.65. The second kappa shape index (κ2) is 8.61. The van der Waals surface area contributed by atoms with Crippen LogP contribution in [-0.2, 0) is 11.3 Å². The Labute approximate surface area is 160 Å². The fourth-order valence-corrected chi connectivity index (χ4v) is 3.70. The normalized spacial score (nSPS) is 18.7. The Morgan fingerprint density at radius 2 is 1.63 bits per heavy atom. The monoisotopic (exact) mass is 373 g/mol. The van der Waals surface area contributed by atoms with Crippen LogP contribution >= 0.6 is 0 Å². The van der Waals surface area contributed by atoms with Crippen LogP contribution in [0.25, 0.3) is 0 Å². The first-order valence-electron chi connectivity index (χ1n) is 8.97. The van der Waals surface area contributed by atoms with Crippen molar-refractivity contribution in [2.45, 2.75) is 25.7 Å². The van der Waals surface area contributed by atoms with E-state index in [1.54, 1.807) is 21.3 Å². The van der Waals surface area contributed by atoms with Crippen molar-refractivity contribution in [2.24, 2.45) is 0 Å². The summed E-state index contributed by atoms with van der Waals surface area (Å²) in [6, 6.07) is 9.88. The number of aliphatic hydroxyl groups is 1. The van der Waals surface area contributed by atoms with E-state index < -0.39 is 6.10 Å². The third-order valence-corrected chi connectivity index (χ3v) is 4.91. The van der Waals surface area contributed by atoms with Crippen LogP contribution in [0.1, 0.15) is 34.4 Å². The van der Waals surface area contributed by atoms with Gasteiger partial charge in [-0.15, -0.1) is 0 Å². The van der Waals surface area contributed by atoms with Crippen LogP contribution in [0.2, 0.25) is 0 Å². The molecule has 0 saturated heterocycles. The maximum absolute atomic E-state index is 10.6. The topological polar surface area (TPSA) is 69.2 Å². The predicted octanol–water partition coefficient (Wildman–Crippen LogP) is 2.92. The molecule has 2 N–H and O–H groups in total.